The van der Waals surface area contributed by atoms with Crippen LogP contribution < -0.4 is 24.8 Å². The molecule has 0 heterocycles. The Kier molecular flexibility index (Phi) is 8.07. The van der Waals surface area contributed by atoms with Gasteiger partial charge in [-0.3, -0.25) is 9.59 Å². The Morgan fingerprint density at radius 3 is 2.33 bits per heavy atom. The summed E-state index contributed by atoms with van der Waals surface area (Å²) in [7, 11) is 3.07. The smallest absolute Gasteiger partial charge is 0.272 e. The third kappa shape index (κ3) is 6.87. The van der Waals surface area contributed by atoms with Gasteiger partial charge >= 0.3 is 0 Å². The number of amides is 2. The predicted molar refractivity (Wildman–Crippen MR) is 127 cm³/mol. The van der Waals surface area contributed by atoms with Crippen molar-refractivity contribution in [3.8, 4) is 17.2 Å². The van der Waals surface area contributed by atoms with E-state index in [1.807, 2.05) is 36.4 Å². The first kappa shape index (κ1) is 23.4. The summed E-state index contributed by atoms with van der Waals surface area (Å²) in [5, 5.41) is 5.38. The summed E-state index contributed by atoms with van der Waals surface area (Å²) in [5.74, 6) is 0.850. The Morgan fingerprint density at radius 2 is 1.64 bits per heavy atom. The van der Waals surface area contributed by atoms with Crippen molar-refractivity contribution >= 4 is 23.6 Å². The van der Waals surface area contributed by atoms with Crippen LogP contribution in [0.2, 0.25) is 0 Å². The van der Waals surface area contributed by atoms with E-state index in [0.29, 0.717) is 35.1 Å². The summed E-state index contributed by atoms with van der Waals surface area (Å²) in [6, 6.07) is 22.1. The second-order valence-corrected chi connectivity index (χ2v) is 7.11. The minimum Gasteiger partial charge on any atom is -0.493 e. The summed E-state index contributed by atoms with van der Waals surface area (Å²) < 4.78 is 16.4. The Hall–Kier alpha value is -4.26. The van der Waals surface area contributed by atoms with E-state index >= 15 is 0 Å². The van der Waals surface area contributed by atoms with Gasteiger partial charge < -0.3 is 24.8 Å². The Morgan fingerprint density at radius 1 is 0.879 bits per heavy atom. The zero-order valence-corrected chi connectivity index (χ0v) is 18.8. The number of carbonyl (C=O) groups excluding carboxylic acids is 2. The van der Waals surface area contributed by atoms with E-state index in [2.05, 4.69) is 10.6 Å². The van der Waals surface area contributed by atoms with E-state index in [0.717, 1.165) is 5.56 Å². The average Bonchev–Trinajstić information content (AvgIpc) is 2.83. The number of ether oxygens (including phenoxy) is 3. The number of nitrogens with one attached hydrogen (secondary N) is 2. The van der Waals surface area contributed by atoms with Gasteiger partial charge in [-0.1, -0.05) is 42.5 Å². The Bertz CT molecular complexity index is 1140. The maximum absolute atomic E-state index is 12.9. The molecule has 0 saturated heterocycles. The molecule has 33 heavy (non-hydrogen) atoms. The summed E-state index contributed by atoms with van der Waals surface area (Å²) in [4.78, 5) is 24.6. The second kappa shape index (κ2) is 11.4. The number of carbonyl (C=O) groups is 2. The van der Waals surface area contributed by atoms with Crippen LogP contribution in [0.3, 0.4) is 0 Å². The molecule has 170 valence electrons. The van der Waals surface area contributed by atoms with Gasteiger partial charge in [0.05, 0.1) is 14.2 Å². The van der Waals surface area contributed by atoms with Crippen molar-refractivity contribution in [1.29, 1.82) is 0 Å². The highest BCUT2D eigenvalue weighted by Crippen LogP contribution is 2.28. The SMILES string of the molecule is COc1ccc(/C=C(\NC(C)=O)C(=O)Nc2cccc(OCc3ccccc3)c2)cc1OC. The minimum absolute atomic E-state index is 0.0883. The maximum atomic E-state index is 12.9. The number of anilines is 1. The second-order valence-electron chi connectivity index (χ2n) is 7.11. The quantitative estimate of drug-likeness (QED) is 0.476. The molecule has 0 unspecified atom stereocenters. The maximum Gasteiger partial charge on any atom is 0.272 e. The fourth-order valence-corrected chi connectivity index (χ4v) is 3.06. The lowest BCUT2D eigenvalue weighted by molar-refractivity contribution is -0.120. The van der Waals surface area contributed by atoms with Crippen LogP contribution in [0, 0.1) is 0 Å². The lowest BCUT2D eigenvalue weighted by Gasteiger charge is -2.12. The third-order valence-electron chi connectivity index (χ3n) is 4.61. The van der Waals surface area contributed by atoms with Crippen molar-refractivity contribution in [3.63, 3.8) is 0 Å². The molecule has 0 aliphatic heterocycles. The fourth-order valence-electron chi connectivity index (χ4n) is 3.06. The van der Waals surface area contributed by atoms with Crippen molar-refractivity contribution in [2.75, 3.05) is 19.5 Å². The zero-order valence-electron chi connectivity index (χ0n) is 18.8. The molecule has 3 aromatic rings. The van der Waals surface area contributed by atoms with E-state index in [-0.39, 0.29) is 11.6 Å². The van der Waals surface area contributed by atoms with Crippen molar-refractivity contribution in [2.24, 2.45) is 0 Å². The first-order valence-corrected chi connectivity index (χ1v) is 10.3. The molecule has 0 aromatic heterocycles. The van der Waals surface area contributed by atoms with Crippen LogP contribution in [0.1, 0.15) is 18.1 Å². The van der Waals surface area contributed by atoms with Gasteiger partial charge in [0, 0.05) is 18.7 Å². The summed E-state index contributed by atoms with van der Waals surface area (Å²) in [6.45, 7) is 1.75. The summed E-state index contributed by atoms with van der Waals surface area (Å²) >= 11 is 0. The van der Waals surface area contributed by atoms with Crippen LogP contribution in [-0.4, -0.2) is 26.0 Å². The van der Waals surface area contributed by atoms with Crippen LogP contribution in [-0.2, 0) is 16.2 Å². The first-order chi connectivity index (χ1) is 16.0. The van der Waals surface area contributed by atoms with Gasteiger partial charge in [-0.15, -0.1) is 0 Å². The third-order valence-corrected chi connectivity index (χ3v) is 4.61. The van der Waals surface area contributed by atoms with Crippen LogP contribution in [0.4, 0.5) is 5.69 Å². The number of hydrogen-bond donors (Lipinski definition) is 2. The van der Waals surface area contributed by atoms with E-state index in [4.69, 9.17) is 14.2 Å². The van der Waals surface area contributed by atoms with Crippen molar-refractivity contribution in [3.05, 3.63) is 89.6 Å². The van der Waals surface area contributed by atoms with Gasteiger partial charge in [0.25, 0.3) is 5.91 Å². The van der Waals surface area contributed by atoms with Crippen molar-refractivity contribution in [1.82, 2.24) is 5.32 Å². The molecule has 2 N–H and O–H groups in total. The Labute approximate surface area is 193 Å². The standard InChI is InChI=1S/C26H26N2O5/c1-18(29)27-23(14-20-12-13-24(31-2)25(15-20)32-3)26(30)28-21-10-7-11-22(16-21)33-17-19-8-5-4-6-9-19/h4-16H,17H2,1-3H3,(H,27,29)(H,28,30)/b23-14-. The topological polar surface area (TPSA) is 85.9 Å². The number of hydrogen-bond acceptors (Lipinski definition) is 5. The molecule has 0 aliphatic rings. The van der Waals surface area contributed by atoms with E-state index in [9.17, 15) is 9.59 Å². The normalized spacial score (nSPS) is 10.8. The molecular formula is C26H26N2O5. The molecule has 0 fully saturated rings. The summed E-state index contributed by atoms with van der Waals surface area (Å²) in [5.41, 5.74) is 2.32. The molecule has 3 rings (SSSR count). The molecule has 3 aromatic carbocycles. The van der Waals surface area contributed by atoms with E-state index in [1.165, 1.54) is 14.0 Å². The Balaban J connectivity index is 1.76. The monoisotopic (exact) mass is 446 g/mol. The summed E-state index contributed by atoms with van der Waals surface area (Å²) in [6.07, 6.45) is 1.56. The molecule has 0 spiro atoms. The van der Waals surface area contributed by atoms with Crippen LogP contribution in [0.5, 0.6) is 17.2 Å². The highest BCUT2D eigenvalue weighted by atomic mass is 16.5. The highest BCUT2D eigenvalue weighted by Gasteiger charge is 2.13. The molecule has 0 aliphatic carbocycles. The molecule has 7 nitrogen and oxygen atoms in total. The van der Waals surface area contributed by atoms with Crippen LogP contribution in [0.15, 0.2) is 78.5 Å². The number of methoxy groups -OCH3 is 2. The molecule has 7 heteroatoms. The number of rotatable bonds is 9. The lowest BCUT2D eigenvalue weighted by Crippen LogP contribution is -2.28. The van der Waals surface area contributed by atoms with Crippen LogP contribution in [0.25, 0.3) is 6.08 Å². The van der Waals surface area contributed by atoms with Crippen molar-refractivity contribution in [2.45, 2.75) is 13.5 Å². The molecule has 0 radical (unpaired) electrons. The van der Waals surface area contributed by atoms with Gasteiger partial charge in [0.2, 0.25) is 5.91 Å². The molecule has 2 amide bonds. The number of benzene rings is 3. The van der Waals surface area contributed by atoms with E-state index in [1.54, 1.807) is 49.6 Å². The minimum atomic E-state index is -0.472. The molecular weight excluding hydrogens is 420 g/mol. The molecule has 0 atom stereocenters. The molecule has 0 saturated carbocycles. The predicted octanol–water partition coefficient (Wildman–Crippen LogP) is 4.40. The van der Waals surface area contributed by atoms with Crippen LogP contribution >= 0.6 is 0 Å². The first-order valence-electron chi connectivity index (χ1n) is 10.3. The average molecular weight is 447 g/mol. The van der Waals surface area contributed by atoms with Gasteiger partial charge in [0.1, 0.15) is 18.1 Å². The van der Waals surface area contributed by atoms with Crippen molar-refractivity contribution < 1.29 is 23.8 Å². The highest BCUT2D eigenvalue weighted by molar-refractivity contribution is 6.08. The van der Waals surface area contributed by atoms with Gasteiger partial charge in [-0.2, -0.15) is 0 Å². The fraction of sp³-hybridized carbons (Fsp3) is 0.154. The zero-order chi connectivity index (χ0) is 23.6. The van der Waals surface area contributed by atoms with E-state index < -0.39 is 5.91 Å². The van der Waals surface area contributed by atoms with Gasteiger partial charge in [-0.25, -0.2) is 0 Å². The largest absolute Gasteiger partial charge is 0.493 e. The van der Waals surface area contributed by atoms with Gasteiger partial charge in [0.15, 0.2) is 11.5 Å². The lowest BCUT2D eigenvalue weighted by atomic mass is 10.1. The molecule has 0 bridgehead atoms. The van der Waals surface area contributed by atoms with Gasteiger partial charge in [-0.05, 0) is 41.5 Å².